The van der Waals surface area contributed by atoms with E-state index in [0.717, 1.165) is 3.57 Å². The Morgan fingerprint density at radius 3 is 1.93 bits per heavy atom. The lowest BCUT2D eigenvalue weighted by Crippen LogP contribution is -2.06. The molecule has 0 aromatic carbocycles. The van der Waals surface area contributed by atoms with Gasteiger partial charge in [0.15, 0.2) is 0 Å². The van der Waals surface area contributed by atoms with Crippen LogP contribution in [0.2, 0.25) is 0 Å². The molecule has 1 aromatic rings. The fraction of sp³-hybridized carbons (Fsp3) is 0.500. The van der Waals surface area contributed by atoms with Crippen LogP contribution >= 0.6 is 22.6 Å². The predicted octanol–water partition coefficient (Wildman–Crippen LogP) is 1.46. The smallest absolute Gasteiger partial charge is 0.235 e. The Kier molecular flexibility index (Phi) is 4.18. The van der Waals surface area contributed by atoms with E-state index in [1.54, 1.807) is 0 Å². The largest absolute Gasteiger partial charge is 0.477 e. The maximum absolute atomic E-state index is 5.50. The van der Waals surface area contributed by atoms with Crippen LogP contribution in [-0.4, -0.2) is 23.2 Å². The van der Waals surface area contributed by atoms with Gasteiger partial charge in [-0.3, -0.25) is 0 Å². The molecule has 0 fully saturated rings. The minimum atomic E-state index is 0.164. The molecule has 1 rings (SSSR count). The third-order valence-corrected chi connectivity index (χ3v) is 2.29. The van der Waals surface area contributed by atoms with Crippen molar-refractivity contribution in [3.8, 4) is 11.8 Å². The van der Waals surface area contributed by atoms with E-state index in [9.17, 15) is 0 Å². The number of hydrogen-bond donors (Lipinski definition) is 1. The van der Waals surface area contributed by atoms with Gasteiger partial charge in [0, 0.05) is 0 Å². The summed E-state index contributed by atoms with van der Waals surface area (Å²) in [4.78, 5) is 7.92. The van der Waals surface area contributed by atoms with Crippen molar-refractivity contribution in [3.63, 3.8) is 0 Å². The third kappa shape index (κ3) is 2.60. The van der Waals surface area contributed by atoms with E-state index in [0.29, 0.717) is 25.0 Å². The summed E-state index contributed by atoms with van der Waals surface area (Å²) in [7, 11) is 0. The van der Waals surface area contributed by atoms with Gasteiger partial charge in [-0.05, 0) is 36.4 Å². The molecule has 2 N–H and O–H groups in total. The zero-order chi connectivity index (χ0) is 10.6. The van der Waals surface area contributed by atoms with Gasteiger partial charge >= 0.3 is 0 Å². The summed E-state index contributed by atoms with van der Waals surface area (Å²) >= 11 is 2.07. The van der Waals surface area contributed by atoms with E-state index >= 15 is 0 Å². The van der Waals surface area contributed by atoms with Crippen LogP contribution in [-0.2, 0) is 0 Å². The number of nitrogens with two attached hydrogens (primary N) is 1. The first kappa shape index (κ1) is 11.3. The zero-order valence-corrected chi connectivity index (χ0v) is 10.2. The van der Waals surface area contributed by atoms with E-state index in [1.807, 2.05) is 13.8 Å². The molecule has 0 spiro atoms. The Morgan fingerprint density at radius 1 is 1.14 bits per heavy atom. The molecule has 0 aliphatic heterocycles. The predicted molar refractivity (Wildman–Crippen MR) is 61.5 cm³/mol. The summed E-state index contributed by atoms with van der Waals surface area (Å²) < 4.78 is 11.3. The molecule has 1 aromatic heterocycles. The summed E-state index contributed by atoms with van der Waals surface area (Å²) in [5, 5.41) is 0. The highest BCUT2D eigenvalue weighted by molar-refractivity contribution is 14.1. The van der Waals surface area contributed by atoms with Crippen molar-refractivity contribution < 1.29 is 9.47 Å². The zero-order valence-electron chi connectivity index (χ0n) is 8.08. The fourth-order valence-electron chi connectivity index (χ4n) is 0.887. The molecule has 0 bridgehead atoms. The van der Waals surface area contributed by atoms with Crippen molar-refractivity contribution in [2.24, 2.45) is 0 Å². The van der Waals surface area contributed by atoms with Gasteiger partial charge in [0.25, 0.3) is 0 Å². The average Bonchev–Trinajstić information content (AvgIpc) is 2.14. The van der Waals surface area contributed by atoms with Gasteiger partial charge in [0.1, 0.15) is 3.57 Å². The van der Waals surface area contributed by atoms with Crippen LogP contribution in [0.3, 0.4) is 0 Å². The lowest BCUT2D eigenvalue weighted by atomic mass is 10.6. The summed E-state index contributed by atoms with van der Waals surface area (Å²) in [6.07, 6.45) is 0. The summed E-state index contributed by atoms with van der Waals surface area (Å²) in [5.41, 5.74) is 5.50. The van der Waals surface area contributed by atoms with Crippen LogP contribution in [0.15, 0.2) is 0 Å². The molecule has 0 unspecified atom stereocenters. The highest BCUT2D eigenvalue weighted by Crippen LogP contribution is 2.27. The lowest BCUT2D eigenvalue weighted by Gasteiger charge is -2.09. The molecule has 0 amide bonds. The van der Waals surface area contributed by atoms with E-state index in [1.165, 1.54) is 0 Å². The molecular weight excluding hydrogens is 297 g/mol. The Balaban J connectivity index is 3.04. The Labute approximate surface area is 96.2 Å². The molecule has 1 heterocycles. The second-order valence-corrected chi connectivity index (χ2v) is 3.45. The number of aromatic nitrogens is 2. The monoisotopic (exact) mass is 309 g/mol. The van der Waals surface area contributed by atoms with Crippen molar-refractivity contribution in [2.45, 2.75) is 13.8 Å². The van der Waals surface area contributed by atoms with E-state index in [-0.39, 0.29) is 5.95 Å². The first-order chi connectivity index (χ1) is 6.69. The van der Waals surface area contributed by atoms with Crippen LogP contribution in [0.25, 0.3) is 0 Å². The standard InChI is InChI=1S/C8H12IN3O2/c1-3-13-6-5(9)7(14-4-2)12-8(10)11-6/h3-4H2,1-2H3,(H2,10,11,12). The molecule has 78 valence electrons. The minimum Gasteiger partial charge on any atom is -0.477 e. The summed E-state index contributed by atoms with van der Waals surface area (Å²) in [6.45, 7) is 4.85. The Bertz CT molecular complexity index is 292. The van der Waals surface area contributed by atoms with Crippen molar-refractivity contribution in [1.29, 1.82) is 0 Å². The van der Waals surface area contributed by atoms with Gasteiger partial charge in [-0.15, -0.1) is 0 Å². The quantitative estimate of drug-likeness (QED) is 0.853. The van der Waals surface area contributed by atoms with Crippen molar-refractivity contribution in [1.82, 2.24) is 9.97 Å². The molecule has 0 aliphatic carbocycles. The molecule has 0 radical (unpaired) electrons. The Hall–Kier alpha value is -0.790. The highest BCUT2D eigenvalue weighted by atomic mass is 127. The molecule has 0 atom stereocenters. The van der Waals surface area contributed by atoms with Gasteiger partial charge < -0.3 is 15.2 Å². The van der Waals surface area contributed by atoms with E-state index in [4.69, 9.17) is 15.2 Å². The molecule has 5 nitrogen and oxygen atoms in total. The van der Waals surface area contributed by atoms with Crippen LogP contribution in [0, 0.1) is 3.57 Å². The SMILES string of the molecule is CCOc1nc(N)nc(OCC)c1I. The fourth-order valence-corrected chi connectivity index (χ4v) is 1.44. The van der Waals surface area contributed by atoms with Crippen LogP contribution in [0.1, 0.15) is 13.8 Å². The number of rotatable bonds is 4. The number of anilines is 1. The van der Waals surface area contributed by atoms with E-state index < -0.39 is 0 Å². The van der Waals surface area contributed by atoms with Gasteiger partial charge in [-0.2, -0.15) is 9.97 Å². The molecule has 0 saturated heterocycles. The molecule has 0 aliphatic rings. The normalized spacial score (nSPS) is 9.93. The maximum Gasteiger partial charge on any atom is 0.235 e. The topological polar surface area (TPSA) is 70.3 Å². The summed E-state index contributed by atoms with van der Waals surface area (Å²) in [6, 6.07) is 0. The maximum atomic E-state index is 5.50. The van der Waals surface area contributed by atoms with Crippen molar-refractivity contribution in [2.75, 3.05) is 18.9 Å². The second-order valence-electron chi connectivity index (χ2n) is 2.37. The lowest BCUT2D eigenvalue weighted by molar-refractivity contribution is 0.301. The number of hydrogen-bond acceptors (Lipinski definition) is 5. The molecule has 6 heteroatoms. The Morgan fingerprint density at radius 2 is 1.57 bits per heavy atom. The summed E-state index contributed by atoms with van der Waals surface area (Å²) in [5.74, 6) is 1.12. The van der Waals surface area contributed by atoms with Gasteiger partial charge in [0.2, 0.25) is 17.7 Å². The number of halogens is 1. The van der Waals surface area contributed by atoms with Crippen LogP contribution < -0.4 is 15.2 Å². The number of ether oxygens (including phenoxy) is 2. The van der Waals surface area contributed by atoms with E-state index in [2.05, 4.69) is 32.6 Å². The van der Waals surface area contributed by atoms with Gasteiger partial charge in [-0.1, -0.05) is 0 Å². The number of nitrogens with zero attached hydrogens (tertiary/aromatic N) is 2. The minimum absolute atomic E-state index is 0.164. The van der Waals surface area contributed by atoms with Gasteiger partial charge in [-0.25, -0.2) is 0 Å². The first-order valence-corrected chi connectivity index (χ1v) is 5.35. The van der Waals surface area contributed by atoms with Crippen LogP contribution in [0.4, 0.5) is 5.95 Å². The van der Waals surface area contributed by atoms with Crippen molar-refractivity contribution in [3.05, 3.63) is 3.57 Å². The highest BCUT2D eigenvalue weighted by Gasteiger charge is 2.12. The average molecular weight is 309 g/mol. The molecule has 0 saturated carbocycles. The van der Waals surface area contributed by atoms with Crippen molar-refractivity contribution >= 4 is 28.5 Å². The van der Waals surface area contributed by atoms with Gasteiger partial charge in [0.05, 0.1) is 13.2 Å². The number of nitrogen functional groups attached to an aromatic ring is 1. The molecular formula is C8H12IN3O2. The third-order valence-electron chi connectivity index (χ3n) is 1.37. The second kappa shape index (κ2) is 5.18. The molecule has 14 heavy (non-hydrogen) atoms. The first-order valence-electron chi connectivity index (χ1n) is 4.27. The van der Waals surface area contributed by atoms with Crippen LogP contribution in [0.5, 0.6) is 11.8 Å².